The maximum absolute atomic E-state index is 8.76. The number of aromatic nitrogens is 1. The summed E-state index contributed by atoms with van der Waals surface area (Å²) < 4.78 is 0. The monoisotopic (exact) mass is 252 g/mol. The van der Waals surface area contributed by atoms with E-state index < -0.39 is 0 Å². The number of rotatable bonds is 5. The van der Waals surface area contributed by atoms with Crippen LogP contribution in [0.1, 0.15) is 23.7 Å². The van der Waals surface area contributed by atoms with Crippen molar-refractivity contribution in [3.8, 4) is 6.07 Å². The quantitative estimate of drug-likeness (QED) is 0.857. The molecule has 96 valence electrons. The molecule has 0 saturated heterocycles. The Kier molecular flexibility index (Phi) is 4.49. The summed E-state index contributed by atoms with van der Waals surface area (Å²) >= 11 is 0. The summed E-state index contributed by atoms with van der Waals surface area (Å²) in [4.78, 5) is 3.92. The molecule has 0 radical (unpaired) electrons. The summed E-state index contributed by atoms with van der Waals surface area (Å²) in [5.41, 5.74) is 8.56. The van der Waals surface area contributed by atoms with E-state index in [1.807, 2.05) is 42.5 Å². The molecular weight excluding hydrogens is 236 g/mol. The minimum atomic E-state index is 0.0194. The second-order valence-corrected chi connectivity index (χ2v) is 4.27. The first kappa shape index (κ1) is 13.1. The summed E-state index contributed by atoms with van der Waals surface area (Å²) in [5.74, 6) is 0. The Hall–Kier alpha value is -2.38. The van der Waals surface area contributed by atoms with Gasteiger partial charge in [-0.3, -0.25) is 0 Å². The van der Waals surface area contributed by atoms with E-state index in [1.54, 1.807) is 12.3 Å². The molecule has 0 spiro atoms. The molecule has 4 nitrogen and oxygen atoms in total. The number of nitriles is 1. The highest BCUT2D eigenvalue weighted by atomic mass is 14.9. The van der Waals surface area contributed by atoms with E-state index in [9.17, 15) is 0 Å². The molecule has 3 N–H and O–H groups in total. The van der Waals surface area contributed by atoms with Crippen LogP contribution in [0.3, 0.4) is 0 Å². The van der Waals surface area contributed by atoms with Crippen LogP contribution in [0.5, 0.6) is 0 Å². The number of nitrogens with one attached hydrogen (secondary N) is 1. The van der Waals surface area contributed by atoms with Crippen LogP contribution in [0.4, 0.5) is 5.69 Å². The van der Waals surface area contributed by atoms with Crippen LogP contribution in [0, 0.1) is 11.3 Å². The fourth-order valence-electron chi connectivity index (χ4n) is 1.84. The molecule has 4 heteroatoms. The van der Waals surface area contributed by atoms with Crippen LogP contribution in [-0.2, 0) is 0 Å². The summed E-state index contributed by atoms with van der Waals surface area (Å²) in [7, 11) is 0. The van der Waals surface area contributed by atoms with Crippen LogP contribution in [0.25, 0.3) is 0 Å². The summed E-state index contributed by atoms with van der Waals surface area (Å²) in [5, 5.41) is 12.0. The van der Waals surface area contributed by atoms with Gasteiger partial charge < -0.3 is 11.1 Å². The Morgan fingerprint density at radius 1 is 1.26 bits per heavy atom. The van der Waals surface area contributed by atoms with E-state index in [1.165, 1.54) is 0 Å². The molecule has 0 fully saturated rings. The number of nitrogens with two attached hydrogens (primary N) is 1. The second-order valence-electron chi connectivity index (χ2n) is 4.27. The van der Waals surface area contributed by atoms with Crippen molar-refractivity contribution in [1.29, 1.82) is 5.26 Å². The SMILES string of the molecule is N#Cc1cc(NCCC(N)c2ccccc2)ccn1. The van der Waals surface area contributed by atoms with Gasteiger partial charge in [-0.25, -0.2) is 4.98 Å². The van der Waals surface area contributed by atoms with E-state index in [2.05, 4.69) is 10.3 Å². The number of anilines is 1. The van der Waals surface area contributed by atoms with E-state index in [-0.39, 0.29) is 6.04 Å². The summed E-state index contributed by atoms with van der Waals surface area (Å²) in [6.45, 7) is 0.755. The third-order valence-corrected chi connectivity index (χ3v) is 2.89. The fraction of sp³-hybridized carbons (Fsp3) is 0.200. The third kappa shape index (κ3) is 3.80. The van der Waals surface area contributed by atoms with Crippen molar-refractivity contribution in [1.82, 2.24) is 4.98 Å². The predicted molar refractivity (Wildman–Crippen MR) is 75.4 cm³/mol. The summed E-state index contributed by atoms with van der Waals surface area (Å²) in [6, 6.07) is 15.6. The molecule has 2 rings (SSSR count). The van der Waals surface area contributed by atoms with Gasteiger partial charge in [0.2, 0.25) is 0 Å². The van der Waals surface area contributed by atoms with Crippen molar-refractivity contribution in [3.05, 3.63) is 59.9 Å². The lowest BCUT2D eigenvalue weighted by Crippen LogP contribution is -2.15. The predicted octanol–water partition coefficient (Wildman–Crippen LogP) is 2.46. The largest absolute Gasteiger partial charge is 0.385 e. The van der Waals surface area contributed by atoms with Crippen LogP contribution in [0.2, 0.25) is 0 Å². The number of pyridine rings is 1. The Bertz CT molecular complexity index is 560. The number of hydrogen-bond acceptors (Lipinski definition) is 4. The average molecular weight is 252 g/mol. The molecule has 0 saturated carbocycles. The Labute approximate surface area is 112 Å². The van der Waals surface area contributed by atoms with Gasteiger partial charge in [-0.05, 0) is 24.1 Å². The maximum atomic E-state index is 8.76. The molecule has 1 unspecified atom stereocenters. The molecule has 1 heterocycles. The van der Waals surface area contributed by atoms with Gasteiger partial charge in [0, 0.05) is 24.5 Å². The fourth-order valence-corrected chi connectivity index (χ4v) is 1.84. The Balaban J connectivity index is 1.85. The van der Waals surface area contributed by atoms with Crippen molar-refractivity contribution >= 4 is 5.69 Å². The molecule has 0 bridgehead atoms. The lowest BCUT2D eigenvalue weighted by molar-refractivity contribution is 0.675. The van der Waals surface area contributed by atoms with Crippen molar-refractivity contribution in [2.75, 3.05) is 11.9 Å². The summed E-state index contributed by atoms with van der Waals surface area (Å²) in [6.07, 6.45) is 2.45. The van der Waals surface area contributed by atoms with Crippen molar-refractivity contribution < 1.29 is 0 Å². The molecule has 19 heavy (non-hydrogen) atoms. The standard InChI is InChI=1S/C15H16N4/c16-11-14-10-13(6-8-19-14)18-9-7-15(17)12-4-2-1-3-5-12/h1-6,8,10,15H,7,9,17H2,(H,18,19). The van der Waals surface area contributed by atoms with Crippen LogP contribution < -0.4 is 11.1 Å². The van der Waals surface area contributed by atoms with E-state index in [4.69, 9.17) is 11.0 Å². The van der Waals surface area contributed by atoms with E-state index in [0.29, 0.717) is 5.69 Å². The molecule has 0 aliphatic carbocycles. The number of benzene rings is 1. The smallest absolute Gasteiger partial charge is 0.142 e. The normalized spacial score (nSPS) is 11.6. The van der Waals surface area contributed by atoms with Crippen molar-refractivity contribution in [3.63, 3.8) is 0 Å². The lowest BCUT2D eigenvalue weighted by Gasteiger charge is -2.13. The number of hydrogen-bond donors (Lipinski definition) is 2. The van der Waals surface area contributed by atoms with E-state index >= 15 is 0 Å². The first-order valence-corrected chi connectivity index (χ1v) is 6.20. The van der Waals surface area contributed by atoms with Gasteiger partial charge >= 0.3 is 0 Å². The average Bonchev–Trinajstić information content (AvgIpc) is 2.48. The molecule has 0 amide bonds. The maximum Gasteiger partial charge on any atom is 0.142 e. The highest BCUT2D eigenvalue weighted by molar-refractivity contribution is 5.45. The van der Waals surface area contributed by atoms with Crippen LogP contribution in [-0.4, -0.2) is 11.5 Å². The first-order chi connectivity index (χ1) is 9.29. The Morgan fingerprint density at radius 2 is 2.05 bits per heavy atom. The topological polar surface area (TPSA) is 74.7 Å². The first-order valence-electron chi connectivity index (χ1n) is 6.20. The van der Waals surface area contributed by atoms with Gasteiger partial charge in [0.15, 0.2) is 0 Å². The third-order valence-electron chi connectivity index (χ3n) is 2.89. The molecule has 0 aliphatic heterocycles. The lowest BCUT2D eigenvalue weighted by atomic mass is 10.1. The van der Waals surface area contributed by atoms with Gasteiger partial charge in [-0.1, -0.05) is 30.3 Å². The van der Waals surface area contributed by atoms with Crippen molar-refractivity contribution in [2.45, 2.75) is 12.5 Å². The van der Waals surface area contributed by atoms with Gasteiger partial charge in [0.25, 0.3) is 0 Å². The van der Waals surface area contributed by atoms with Crippen LogP contribution >= 0.6 is 0 Å². The molecular formula is C15H16N4. The van der Waals surface area contributed by atoms with Gasteiger partial charge in [-0.2, -0.15) is 5.26 Å². The molecule has 0 aliphatic rings. The highest BCUT2D eigenvalue weighted by Crippen LogP contribution is 2.14. The van der Waals surface area contributed by atoms with Crippen LogP contribution in [0.15, 0.2) is 48.7 Å². The molecule has 1 atom stereocenters. The Morgan fingerprint density at radius 3 is 2.79 bits per heavy atom. The highest BCUT2D eigenvalue weighted by Gasteiger charge is 2.04. The van der Waals surface area contributed by atoms with E-state index in [0.717, 1.165) is 24.2 Å². The molecule has 2 aromatic rings. The minimum absolute atomic E-state index is 0.0194. The second kappa shape index (κ2) is 6.53. The zero-order valence-electron chi connectivity index (χ0n) is 10.6. The zero-order valence-corrected chi connectivity index (χ0v) is 10.6. The van der Waals surface area contributed by atoms with Gasteiger partial charge in [-0.15, -0.1) is 0 Å². The molecule has 1 aromatic carbocycles. The minimum Gasteiger partial charge on any atom is -0.385 e. The molecule has 1 aromatic heterocycles. The van der Waals surface area contributed by atoms with Gasteiger partial charge in [0.05, 0.1) is 0 Å². The van der Waals surface area contributed by atoms with Gasteiger partial charge in [0.1, 0.15) is 11.8 Å². The zero-order chi connectivity index (χ0) is 13.5. The van der Waals surface area contributed by atoms with Crippen molar-refractivity contribution in [2.24, 2.45) is 5.73 Å². The number of nitrogens with zero attached hydrogens (tertiary/aromatic N) is 2.